The van der Waals surface area contributed by atoms with Crippen molar-refractivity contribution in [2.75, 3.05) is 12.3 Å². The summed E-state index contributed by atoms with van der Waals surface area (Å²) in [5, 5.41) is 17.3. The van der Waals surface area contributed by atoms with Crippen LogP contribution < -0.4 is 5.73 Å². The van der Waals surface area contributed by atoms with Crippen molar-refractivity contribution in [3.63, 3.8) is 0 Å². The second-order valence-electron chi connectivity index (χ2n) is 4.38. The number of rotatable bonds is 2. The predicted molar refractivity (Wildman–Crippen MR) is 68.1 cm³/mol. The molecule has 7 nitrogen and oxygen atoms in total. The van der Waals surface area contributed by atoms with E-state index in [1.165, 1.54) is 10.9 Å². The Balaban J connectivity index is 2.07. The molecular weight excluding hydrogens is 292 g/mol. The molecule has 10 heteroatoms. The number of nitrogens with zero attached hydrogens (tertiary/aromatic N) is 4. The highest BCUT2D eigenvalue weighted by molar-refractivity contribution is 8.00. The summed E-state index contributed by atoms with van der Waals surface area (Å²) in [4.78, 5) is 10.8. The summed E-state index contributed by atoms with van der Waals surface area (Å²) in [6.07, 6.45) is -2.70. The number of aromatic nitrogens is 4. The fourth-order valence-corrected chi connectivity index (χ4v) is 3.53. The lowest BCUT2D eigenvalue weighted by Crippen LogP contribution is -2.29. The number of fused-ring (bicyclic) bond motifs is 1. The second-order valence-corrected chi connectivity index (χ2v) is 5.75. The van der Waals surface area contributed by atoms with Gasteiger partial charge in [-0.2, -0.15) is 14.4 Å². The highest BCUT2D eigenvalue weighted by atomic mass is 32.2. The minimum absolute atomic E-state index is 0.0564. The van der Waals surface area contributed by atoms with Crippen LogP contribution in [0.25, 0.3) is 11.2 Å². The first kappa shape index (κ1) is 13.5. The van der Waals surface area contributed by atoms with Gasteiger partial charge in [0.15, 0.2) is 17.6 Å². The molecule has 1 aliphatic heterocycles. The predicted octanol–water partition coefficient (Wildman–Crippen LogP) is -0.147. The number of nitrogen functional groups attached to an aromatic ring is 1. The van der Waals surface area contributed by atoms with E-state index in [-0.39, 0.29) is 23.6 Å². The van der Waals surface area contributed by atoms with E-state index < -0.39 is 29.0 Å². The molecule has 108 valence electrons. The number of nitrogens with two attached hydrogens (primary N) is 1. The molecule has 2 aromatic rings. The largest absolute Gasteiger partial charge is 0.395 e. The Hall–Kier alpha value is -1.52. The Morgan fingerprint density at radius 2 is 2.20 bits per heavy atom. The van der Waals surface area contributed by atoms with Crippen LogP contribution in [-0.2, 0) is 0 Å². The first-order valence-electron chi connectivity index (χ1n) is 5.77. The molecule has 0 aromatic carbocycles. The molecule has 2 aromatic heterocycles. The highest BCUT2D eigenvalue weighted by Gasteiger charge is 2.45. The molecule has 1 aliphatic rings. The van der Waals surface area contributed by atoms with Gasteiger partial charge < -0.3 is 15.9 Å². The van der Waals surface area contributed by atoms with E-state index in [1.807, 2.05) is 0 Å². The van der Waals surface area contributed by atoms with Gasteiger partial charge in [0.2, 0.25) is 0 Å². The van der Waals surface area contributed by atoms with Crippen molar-refractivity contribution in [3.05, 3.63) is 12.4 Å². The summed E-state index contributed by atoms with van der Waals surface area (Å²) in [6, 6.07) is 0. The average molecular weight is 303 g/mol. The van der Waals surface area contributed by atoms with Crippen molar-refractivity contribution < 1.29 is 19.0 Å². The van der Waals surface area contributed by atoms with Gasteiger partial charge in [0, 0.05) is 0 Å². The van der Waals surface area contributed by atoms with Crippen molar-refractivity contribution >= 4 is 28.7 Å². The van der Waals surface area contributed by atoms with Crippen LogP contribution in [0.3, 0.4) is 0 Å². The Morgan fingerprint density at radius 1 is 1.45 bits per heavy atom. The molecule has 0 saturated carbocycles. The highest BCUT2D eigenvalue weighted by Crippen LogP contribution is 2.44. The second kappa shape index (κ2) is 4.79. The van der Waals surface area contributed by atoms with Crippen LogP contribution >= 0.6 is 11.8 Å². The van der Waals surface area contributed by atoms with Crippen LogP contribution in [-0.4, -0.2) is 53.9 Å². The van der Waals surface area contributed by atoms with Gasteiger partial charge in [-0.05, 0) is 0 Å². The maximum Gasteiger partial charge on any atom is 0.312 e. The van der Waals surface area contributed by atoms with Crippen LogP contribution in [0.5, 0.6) is 0 Å². The van der Waals surface area contributed by atoms with E-state index >= 15 is 0 Å². The normalized spacial score (nSPS) is 30.2. The van der Waals surface area contributed by atoms with Gasteiger partial charge >= 0.3 is 6.08 Å². The molecule has 4 atom stereocenters. The zero-order valence-electron chi connectivity index (χ0n) is 10.0. The molecule has 4 N–H and O–H groups in total. The minimum atomic E-state index is -1.63. The topological polar surface area (TPSA) is 110 Å². The molecule has 3 rings (SSSR count). The first-order chi connectivity index (χ1) is 9.52. The van der Waals surface area contributed by atoms with Crippen molar-refractivity contribution in [2.24, 2.45) is 0 Å². The van der Waals surface area contributed by atoms with E-state index in [9.17, 15) is 13.9 Å². The number of thioether (sulfide) groups is 1. The lowest BCUT2D eigenvalue weighted by atomic mass is 10.1. The molecule has 0 spiro atoms. The number of alkyl halides is 1. The third-order valence-electron chi connectivity index (χ3n) is 3.17. The van der Waals surface area contributed by atoms with E-state index in [1.54, 1.807) is 0 Å². The van der Waals surface area contributed by atoms with Crippen LogP contribution in [0.2, 0.25) is 0 Å². The summed E-state index contributed by atoms with van der Waals surface area (Å²) in [5.74, 6) is -0.135. The number of halogens is 2. The van der Waals surface area contributed by atoms with Gasteiger partial charge in [-0.1, -0.05) is 0 Å². The molecular formula is C10H11F2N5O2S. The van der Waals surface area contributed by atoms with E-state index in [2.05, 4.69) is 15.0 Å². The maximum atomic E-state index is 14.1. The molecule has 0 bridgehead atoms. The van der Waals surface area contributed by atoms with Crippen LogP contribution in [0.1, 0.15) is 5.37 Å². The van der Waals surface area contributed by atoms with Crippen LogP contribution in [0, 0.1) is 6.08 Å². The van der Waals surface area contributed by atoms with Gasteiger partial charge in [-0.15, -0.1) is 11.8 Å². The number of aliphatic hydroxyl groups excluding tert-OH is 2. The Bertz CT molecular complexity index is 654. The summed E-state index contributed by atoms with van der Waals surface area (Å²) in [7, 11) is 0. The van der Waals surface area contributed by atoms with Gasteiger partial charge in [0.1, 0.15) is 17.0 Å². The molecule has 1 fully saturated rings. The Morgan fingerprint density at radius 3 is 2.85 bits per heavy atom. The van der Waals surface area contributed by atoms with Crippen molar-refractivity contribution in [1.82, 2.24) is 19.5 Å². The van der Waals surface area contributed by atoms with Crippen LogP contribution in [0.15, 0.2) is 6.33 Å². The monoisotopic (exact) mass is 303 g/mol. The van der Waals surface area contributed by atoms with Crippen molar-refractivity contribution in [2.45, 2.75) is 22.9 Å². The number of imidazole rings is 1. The van der Waals surface area contributed by atoms with E-state index in [4.69, 9.17) is 10.8 Å². The van der Waals surface area contributed by atoms with Gasteiger partial charge in [-0.25, -0.2) is 9.37 Å². The van der Waals surface area contributed by atoms with Gasteiger partial charge in [-0.3, -0.25) is 4.57 Å². The number of anilines is 1. The van der Waals surface area contributed by atoms with E-state index in [0.29, 0.717) is 0 Å². The molecule has 0 amide bonds. The molecule has 0 aliphatic carbocycles. The van der Waals surface area contributed by atoms with E-state index in [0.717, 1.165) is 11.8 Å². The van der Waals surface area contributed by atoms with Crippen molar-refractivity contribution in [3.8, 4) is 0 Å². The van der Waals surface area contributed by atoms with Crippen molar-refractivity contribution in [1.29, 1.82) is 0 Å². The number of hydrogen-bond donors (Lipinski definition) is 3. The fraction of sp³-hybridized carbons (Fsp3) is 0.500. The quantitative estimate of drug-likeness (QED) is 0.662. The van der Waals surface area contributed by atoms with Gasteiger partial charge in [0.05, 0.1) is 18.2 Å². The summed E-state index contributed by atoms with van der Waals surface area (Å²) < 4.78 is 28.6. The minimum Gasteiger partial charge on any atom is -0.395 e. The molecule has 1 saturated heterocycles. The maximum absolute atomic E-state index is 14.1. The number of aliphatic hydroxyl groups is 2. The molecule has 3 heterocycles. The third-order valence-corrected chi connectivity index (χ3v) is 4.71. The Kier molecular flexibility index (Phi) is 3.22. The molecule has 0 radical (unpaired) electrons. The smallest absolute Gasteiger partial charge is 0.312 e. The fourth-order valence-electron chi connectivity index (χ4n) is 2.18. The van der Waals surface area contributed by atoms with Gasteiger partial charge in [0.25, 0.3) is 0 Å². The first-order valence-corrected chi connectivity index (χ1v) is 6.71. The lowest BCUT2D eigenvalue weighted by molar-refractivity contribution is 0.0642. The van der Waals surface area contributed by atoms with Crippen LogP contribution in [0.4, 0.5) is 14.6 Å². The molecule has 20 heavy (non-hydrogen) atoms. The zero-order chi connectivity index (χ0) is 14.4. The molecule has 0 unspecified atom stereocenters. The SMILES string of the molecule is Nc1nc(F)nc2c1ncn2[C@H]1S[C@H](CO)[C@@H](O)[C@@H]1F. The standard InChI is InChI=1S/C10H11F2N5O2S/c11-4-6(19)3(1-18)20-9(4)17-2-14-5-7(13)15-10(12)16-8(5)17/h2-4,6,9,18-19H,1H2,(H2,13,15,16)/t3-,4+,6-,9+/m1/s1. The third kappa shape index (κ3) is 1.91. The lowest BCUT2D eigenvalue weighted by Gasteiger charge is -2.14. The Labute approximate surface area is 115 Å². The summed E-state index contributed by atoms with van der Waals surface area (Å²) >= 11 is 1.04. The summed E-state index contributed by atoms with van der Waals surface area (Å²) in [5.41, 5.74) is 5.75. The average Bonchev–Trinajstić information content (AvgIpc) is 2.93. The zero-order valence-corrected chi connectivity index (χ0v) is 10.8. The number of hydrogen-bond acceptors (Lipinski definition) is 7. The summed E-state index contributed by atoms with van der Waals surface area (Å²) in [6.45, 7) is -0.360.